The molecule has 3 rings (SSSR count). The highest BCUT2D eigenvalue weighted by molar-refractivity contribution is 6.74. The highest BCUT2D eigenvalue weighted by Gasteiger charge is 2.48. The molecule has 1 aromatic carbocycles. The largest absolute Gasteiger partial charge is 0.468 e. The average molecular weight is 482 g/mol. The maximum Gasteiger partial charge on any atom is 0.433 e. The summed E-state index contributed by atoms with van der Waals surface area (Å²) >= 11 is 0. The number of alkyl halides is 3. The lowest BCUT2D eigenvalue weighted by Crippen LogP contribution is -2.53. The van der Waals surface area contributed by atoms with Crippen molar-refractivity contribution >= 4 is 14.3 Å². The van der Waals surface area contributed by atoms with Crippen LogP contribution >= 0.6 is 0 Å². The second-order valence-corrected chi connectivity index (χ2v) is 14.7. The van der Waals surface area contributed by atoms with Crippen molar-refractivity contribution in [2.45, 2.75) is 57.1 Å². The van der Waals surface area contributed by atoms with E-state index in [4.69, 9.17) is 13.9 Å². The van der Waals surface area contributed by atoms with Crippen LogP contribution in [0.1, 0.15) is 37.6 Å². The quantitative estimate of drug-likeness (QED) is 0.390. The number of pyridine rings is 1. The first-order chi connectivity index (χ1) is 15.2. The van der Waals surface area contributed by atoms with E-state index in [2.05, 4.69) is 38.8 Å². The highest BCUT2D eigenvalue weighted by Crippen LogP contribution is 2.39. The van der Waals surface area contributed by atoms with Gasteiger partial charge in [0.15, 0.2) is 8.32 Å². The van der Waals surface area contributed by atoms with Crippen molar-refractivity contribution in [1.82, 2.24) is 4.98 Å². The zero-order valence-electron chi connectivity index (χ0n) is 19.8. The average Bonchev–Trinajstić information content (AvgIpc) is 2.70. The van der Waals surface area contributed by atoms with E-state index in [1.54, 1.807) is 24.3 Å². The van der Waals surface area contributed by atoms with E-state index in [1.165, 1.54) is 13.3 Å². The van der Waals surface area contributed by atoms with Gasteiger partial charge in [-0.2, -0.15) is 13.2 Å². The number of aromatic nitrogens is 1. The zero-order valence-corrected chi connectivity index (χ0v) is 20.8. The van der Waals surface area contributed by atoms with E-state index in [-0.39, 0.29) is 30.8 Å². The van der Waals surface area contributed by atoms with Crippen molar-refractivity contribution in [2.75, 3.05) is 20.3 Å². The van der Waals surface area contributed by atoms with Gasteiger partial charge in [-0.1, -0.05) is 45.0 Å². The predicted molar refractivity (Wildman–Crippen MR) is 121 cm³/mol. The van der Waals surface area contributed by atoms with Crippen molar-refractivity contribution < 1.29 is 31.9 Å². The molecular weight excluding hydrogens is 451 g/mol. The van der Waals surface area contributed by atoms with Crippen LogP contribution in [-0.4, -0.2) is 39.6 Å². The van der Waals surface area contributed by atoms with Gasteiger partial charge in [-0.25, -0.2) is 0 Å². The molecule has 2 heterocycles. The predicted octanol–water partition coefficient (Wildman–Crippen LogP) is 5.73. The molecule has 0 radical (unpaired) electrons. The van der Waals surface area contributed by atoms with E-state index in [1.807, 2.05) is 0 Å². The van der Waals surface area contributed by atoms with Crippen LogP contribution in [0.25, 0.3) is 11.1 Å². The van der Waals surface area contributed by atoms with E-state index in [9.17, 15) is 18.0 Å². The summed E-state index contributed by atoms with van der Waals surface area (Å²) in [7, 11) is -0.857. The monoisotopic (exact) mass is 481 g/mol. The molecule has 0 atom stereocenters. The number of carbonyl (C=O) groups is 1. The zero-order chi connectivity index (χ0) is 24.7. The number of halogens is 3. The molecule has 0 amide bonds. The van der Waals surface area contributed by atoms with E-state index < -0.39 is 25.6 Å². The third-order valence-corrected chi connectivity index (χ3v) is 11.2. The lowest BCUT2D eigenvalue weighted by Gasteiger charge is -2.39. The van der Waals surface area contributed by atoms with Gasteiger partial charge in [-0.3, -0.25) is 9.78 Å². The van der Waals surface area contributed by atoms with Crippen LogP contribution in [0, 0.1) is 0 Å². The molecule has 1 fully saturated rings. The van der Waals surface area contributed by atoms with Crippen molar-refractivity contribution in [3.05, 3.63) is 53.3 Å². The summed E-state index contributed by atoms with van der Waals surface area (Å²) in [6, 6.07) is 8.18. The minimum atomic E-state index is -4.55. The molecule has 180 valence electrons. The summed E-state index contributed by atoms with van der Waals surface area (Å²) in [6.07, 6.45) is -3.31. The van der Waals surface area contributed by atoms with Gasteiger partial charge in [-0.15, -0.1) is 0 Å². The van der Waals surface area contributed by atoms with Crippen molar-refractivity contribution in [2.24, 2.45) is 0 Å². The lowest BCUT2D eigenvalue weighted by molar-refractivity contribution is -0.166. The molecule has 1 saturated heterocycles. The van der Waals surface area contributed by atoms with Crippen LogP contribution in [0.5, 0.6) is 0 Å². The van der Waals surface area contributed by atoms with Crippen LogP contribution in [0.3, 0.4) is 0 Å². The Morgan fingerprint density at radius 3 is 2.21 bits per heavy atom. The molecule has 1 aromatic heterocycles. The SMILES string of the molecule is COC(=O)C1(c2ccc(-c3cnc(C(F)(F)F)cc3CO[Si](C)(C)C(C)(C)C)cc2)COC1. The van der Waals surface area contributed by atoms with Gasteiger partial charge in [0.05, 0.1) is 26.9 Å². The fourth-order valence-corrected chi connectivity index (χ4v) is 4.33. The summed E-state index contributed by atoms with van der Waals surface area (Å²) in [5.74, 6) is -0.374. The molecule has 1 aliphatic rings. The number of nitrogens with zero attached hydrogens (tertiary/aromatic N) is 1. The van der Waals surface area contributed by atoms with Crippen molar-refractivity contribution in [1.29, 1.82) is 0 Å². The molecule has 0 bridgehead atoms. The number of carbonyl (C=O) groups excluding carboxylic acids is 1. The normalized spacial score (nSPS) is 16.3. The van der Waals surface area contributed by atoms with Crippen LogP contribution in [-0.2, 0) is 36.9 Å². The van der Waals surface area contributed by atoms with E-state index >= 15 is 0 Å². The van der Waals surface area contributed by atoms with Gasteiger partial charge >= 0.3 is 12.1 Å². The Kier molecular flexibility index (Phi) is 6.81. The highest BCUT2D eigenvalue weighted by atomic mass is 28.4. The Morgan fingerprint density at radius 2 is 1.76 bits per heavy atom. The second-order valence-electron chi connectivity index (χ2n) is 9.92. The second kappa shape index (κ2) is 8.85. The Balaban J connectivity index is 1.97. The number of hydrogen-bond acceptors (Lipinski definition) is 5. The maximum atomic E-state index is 13.4. The van der Waals surface area contributed by atoms with Gasteiger partial charge in [0.1, 0.15) is 11.1 Å². The van der Waals surface area contributed by atoms with Gasteiger partial charge < -0.3 is 13.9 Å². The van der Waals surface area contributed by atoms with Crippen LogP contribution in [0.2, 0.25) is 18.1 Å². The van der Waals surface area contributed by atoms with Gasteiger partial charge in [0.25, 0.3) is 0 Å². The first-order valence-electron chi connectivity index (χ1n) is 10.7. The first-order valence-corrected chi connectivity index (χ1v) is 13.6. The molecular formula is C24H30F3NO4Si. The first kappa shape index (κ1) is 25.4. The summed E-state index contributed by atoms with van der Waals surface area (Å²) in [5.41, 5.74) is 0.611. The summed E-state index contributed by atoms with van der Waals surface area (Å²) in [5, 5.41) is -0.0816. The minimum absolute atomic E-state index is 0.0547. The summed E-state index contributed by atoms with van der Waals surface area (Å²) in [4.78, 5) is 15.9. The molecule has 5 nitrogen and oxygen atoms in total. The Morgan fingerprint density at radius 1 is 1.15 bits per heavy atom. The number of benzene rings is 1. The van der Waals surface area contributed by atoms with Gasteiger partial charge in [0.2, 0.25) is 0 Å². The molecule has 0 N–H and O–H groups in total. The van der Waals surface area contributed by atoms with Gasteiger partial charge in [-0.05, 0) is 40.9 Å². The molecule has 0 unspecified atom stereocenters. The smallest absolute Gasteiger partial charge is 0.433 e. The Labute approximate surface area is 193 Å². The molecule has 9 heteroatoms. The third-order valence-electron chi connectivity index (χ3n) is 6.70. The maximum absolute atomic E-state index is 13.4. The molecule has 0 aliphatic carbocycles. The number of esters is 1. The Hall–Kier alpha value is -2.23. The number of rotatable bonds is 6. The Bertz CT molecular complexity index is 1010. The van der Waals surface area contributed by atoms with Crippen LogP contribution < -0.4 is 0 Å². The third kappa shape index (κ3) is 5.00. The molecule has 0 spiro atoms. The van der Waals surface area contributed by atoms with Gasteiger partial charge in [0, 0.05) is 11.8 Å². The number of hydrogen-bond donors (Lipinski definition) is 0. The van der Waals surface area contributed by atoms with Crippen LogP contribution in [0.15, 0.2) is 36.5 Å². The number of ether oxygens (including phenoxy) is 2. The standard InChI is InChI=1S/C24H30F3NO4Si/c1-22(2,3)33(5,6)32-13-17-11-20(24(25,26)27)28-12-19(17)16-7-9-18(10-8-16)23(14-31-15-23)21(29)30-4/h7-12H,13-15H2,1-6H3. The molecule has 33 heavy (non-hydrogen) atoms. The van der Waals surface area contributed by atoms with E-state index in [0.717, 1.165) is 11.6 Å². The molecule has 1 aliphatic heterocycles. The van der Waals surface area contributed by atoms with E-state index in [0.29, 0.717) is 16.7 Å². The van der Waals surface area contributed by atoms with Crippen molar-refractivity contribution in [3.8, 4) is 11.1 Å². The lowest BCUT2D eigenvalue weighted by atomic mass is 9.78. The minimum Gasteiger partial charge on any atom is -0.468 e. The number of methoxy groups -OCH3 is 1. The topological polar surface area (TPSA) is 57.7 Å². The summed E-state index contributed by atoms with van der Waals surface area (Å²) < 4.78 is 56.5. The summed E-state index contributed by atoms with van der Waals surface area (Å²) in [6.45, 7) is 10.9. The van der Waals surface area contributed by atoms with Crippen LogP contribution in [0.4, 0.5) is 13.2 Å². The fraction of sp³-hybridized carbons (Fsp3) is 0.500. The fourth-order valence-electron chi connectivity index (χ4n) is 3.38. The van der Waals surface area contributed by atoms with Crippen molar-refractivity contribution in [3.63, 3.8) is 0 Å². The molecule has 2 aromatic rings. The molecule has 0 saturated carbocycles.